The van der Waals surface area contributed by atoms with E-state index in [1.54, 1.807) is 0 Å². The van der Waals surface area contributed by atoms with Gasteiger partial charge in [-0.15, -0.1) is 0 Å². The first-order chi connectivity index (χ1) is 13.7. The first-order valence-corrected chi connectivity index (χ1v) is 8.38. The molecule has 13 heteroatoms. The molecule has 0 unspecified atom stereocenters. The van der Waals surface area contributed by atoms with Gasteiger partial charge in [0, 0.05) is 24.9 Å². The molecule has 3 rings (SSSR count). The van der Waals surface area contributed by atoms with Crippen LogP contribution in [0, 0.1) is 15.9 Å². The summed E-state index contributed by atoms with van der Waals surface area (Å²) >= 11 is 12.0. The molecule has 0 spiro atoms. The summed E-state index contributed by atoms with van der Waals surface area (Å²) in [4.78, 5) is 14.1. The van der Waals surface area contributed by atoms with Crippen LogP contribution in [0.3, 0.4) is 0 Å². The average molecular weight is 449 g/mol. The lowest BCUT2D eigenvalue weighted by molar-refractivity contribution is -0.386. The van der Waals surface area contributed by atoms with Crippen molar-refractivity contribution in [2.75, 3.05) is 0 Å². The number of aryl methyl sites for hydroxylation is 1. The van der Waals surface area contributed by atoms with Gasteiger partial charge in [0.25, 0.3) is 5.88 Å². The molecule has 152 valence electrons. The standard InChI is InChI=1S/C16H9Cl2F3N4O4/c1-24-15(29-16(20)21)12(18)13(23-24)7-5-11(8(17)6-9(7)19)28-14-10(25(26)27)3-2-4-22-14/h2-6,16H,1H3. The number of hydrogen-bond donors (Lipinski definition) is 0. The van der Waals surface area contributed by atoms with Crippen LogP contribution in [-0.2, 0) is 7.05 Å². The molecule has 0 radical (unpaired) electrons. The normalized spacial score (nSPS) is 11.0. The van der Waals surface area contributed by atoms with E-state index in [2.05, 4.69) is 14.8 Å². The minimum atomic E-state index is -3.17. The molecule has 0 aliphatic heterocycles. The fraction of sp³-hybridized carbons (Fsp3) is 0.125. The summed E-state index contributed by atoms with van der Waals surface area (Å²) in [6.07, 6.45) is 1.25. The third kappa shape index (κ3) is 4.20. The van der Waals surface area contributed by atoms with E-state index in [1.807, 2.05) is 0 Å². The molecular weight excluding hydrogens is 440 g/mol. The highest BCUT2D eigenvalue weighted by Crippen LogP contribution is 2.41. The van der Waals surface area contributed by atoms with Crippen LogP contribution >= 0.6 is 23.2 Å². The minimum Gasteiger partial charge on any atom is -0.432 e. The molecule has 0 bridgehead atoms. The number of pyridine rings is 1. The number of halogens is 5. The lowest BCUT2D eigenvalue weighted by Crippen LogP contribution is -2.06. The van der Waals surface area contributed by atoms with Crippen LogP contribution in [0.2, 0.25) is 10.0 Å². The Bertz CT molecular complexity index is 1090. The van der Waals surface area contributed by atoms with Crippen LogP contribution in [0.4, 0.5) is 18.9 Å². The molecule has 0 saturated carbocycles. The Kier molecular flexibility index (Phi) is 5.80. The molecule has 0 N–H and O–H groups in total. The van der Waals surface area contributed by atoms with Crippen molar-refractivity contribution in [3.63, 3.8) is 0 Å². The molecule has 2 heterocycles. The summed E-state index contributed by atoms with van der Waals surface area (Å²) in [5, 5.41) is 14.4. The van der Waals surface area contributed by atoms with E-state index in [1.165, 1.54) is 19.3 Å². The Hall–Kier alpha value is -3.05. The number of rotatable bonds is 6. The quantitative estimate of drug-likeness (QED) is 0.378. The fourth-order valence-electron chi connectivity index (χ4n) is 2.36. The van der Waals surface area contributed by atoms with Crippen LogP contribution in [0.15, 0.2) is 30.5 Å². The summed E-state index contributed by atoms with van der Waals surface area (Å²) in [6.45, 7) is -3.17. The highest BCUT2D eigenvalue weighted by molar-refractivity contribution is 6.34. The summed E-state index contributed by atoms with van der Waals surface area (Å²) in [5.74, 6) is -1.94. The third-order valence-corrected chi connectivity index (χ3v) is 4.21. The zero-order valence-electron chi connectivity index (χ0n) is 14.3. The zero-order chi connectivity index (χ0) is 21.3. The first-order valence-electron chi connectivity index (χ1n) is 7.63. The molecule has 0 amide bonds. The van der Waals surface area contributed by atoms with Crippen LogP contribution in [0.1, 0.15) is 0 Å². The molecule has 8 nitrogen and oxygen atoms in total. The lowest BCUT2D eigenvalue weighted by atomic mass is 10.1. The van der Waals surface area contributed by atoms with Crippen molar-refractivity contribution in [1.29, 1.82) is 0 Å². The molecular formula is C16H9Cl2F3N4O4. The predicted octanol–water partition coefficient (Wildman–Crippen LogP) is 5.23. The number of nitrogens with zero attached hydrogens (tertiary/aromatic N) is 4. The highest BCUT2D eigenvalue weighted by Gasteiger charge is 2.25. The van der Waals surface area contributed by atoms with Crippen molar-refractivity contribution in [3.05, 3.63) is 56.4 Å². The molecule has 0 saturated heterocycles. The van der Waals surface area contributed by atoms with Gasteiger partial charge < -0.3 is 9.47 Å². The number of hydrogen-bond acceptors (Lipinski definition) is 6. The molecule has 1 aromatic carbocycles. The second kappa shape index (κ2) is 8.13. The van der Waals surface area contributed by atoms with Crippen LogP contribution in [0.25, 0.3) is 11.3 Å². The van der Waals surface area contributed by atoms with E-state index >= 15 is 0 Å². The smallest absolute Gasteiger partial charge is 0.388 e. The zero-order valence-corrected chi connectivity index (χ0v) is 15.8. The van der Waals surface area contributed by atoms with Crippen molar-refractivity contribution in [3.8, 4) is 28.8 Å². The molecule has 0 fully saturated rings. The highest BCUT2D eigenvalue weighted by atomic mass is 35.5. The largest absolute Gasteiger partial charge is 0.432 e. The number of benzene rings is 1. The van der Waals surface area contributed by atoms with Crippen molar-refractivity contribution in [1.82, 2.24) is 14.8 Å². The third-order valence-electron chi connectivity index (χ3n) is 3.57. The predicted molar refractivity (Wildman–Crippen MR) is 96.2 cm³/mol. The average Bonchev–Trinajstić information content (AvgIpc) is 2.92. The number of ether oxygens (including phenoxy) is 2. The first kappa shape index (κ1) is 20.7. The Morgan fingerprint density at radius 2 is 2.03 bits per heavy atom. The maximum absolute atomic E-state index is 14.5. The number of aromatic nitrogens is 3. The van der Waals surface area contributed by atoms with Crippen LogP contribution in [0.5, 0.6) is 17.5 Å². The van der Waals surface area contributed by atoms with E-state index in [9.17, 15) is 23.3 Å². The summed E-state index contributed by atoms with van der Waals surface area (Å²) in [5.41, 5.74) is -0.926. The maximum Gasteiger partial charge on any atom is 0.388 e. The maximum atomic E-state index is 14.5. The molecule has 2 aromatic heterocycles. The minimum absolute atomic E-state index is 0.192. The second-order valence-corrected chi connectivity index (χ2v) is 6.20. The van der Waals surface area contributed by atoms with Gasteiger partial charge in [-0.3, -0.25) is 10.1 Å². The topological polar surface area (TPSA) is 92.3 Å². The molecule has 29 heavy (non-hydrogen) atoms. The van der Waals surface area contributed by atoms with E-state index in [4.69, 9.17) is 27.9 Å². The van der Waals surface area contributed by atoms with Crippen molar-refractivity contribution in [2.45, 2.75) is 6.61 Å². The Labute approximate surface area is 170 Å². The molecule has 0 aliphatic rings. The lowest BCUT2D eigenvalue weighted by Gasteiger charge is -2.09. The SMILES string of the molecule is Cn1nc(-c2cc(Oc3ncccc3[N+](=O)[O-])c(Cl)cc2F)c(Cl)c1OC(F)F. The van der Waals surface area contributed by atoms with Gasteiger partial charge in [-0.1, -0.05) is 23.2 Å². The summed E-state index contributed by atoms with van der Waals surface area (Å²) in [7, 11) is 1.27. The Balaban J connectivity index is 2.07. The van der Waals surface area contributed by atoms with Gasteiger partial charge in [0.2, 0.25) is 5.88 Å². The van der Waals surface area contributed by atoms with Crippen LogP contribution in [-0.4, -0.2) is 26.3 Å². The van der Waals surface area contributed by atoms with E-state index < -0.39 is 28.9 Å². The van der Waals surface area contributed by atoms with Gasteiger partial charge in [0.05, 0.1) is 9.95 Å². The van der Waals surface area contributed by atoms with E-state index in [-0.39, 0.29) is 32.9 Å². The van der Waals surface area contributed by atoms with Gasteiger partial charge in [-0.2, -0.15) is 13.9 Å². The number of nitro groups is 1. The van der Waals surface area contributed by atoms with E-state index in [0.717, 1.165) is 22.9 Å². The monoisotopic (exact) mass is 448 g/mol. The van der Waals surface area contributed by atoms with Crippen molar-refractivity contribution < 1.29 is 27.6 Å². The summed E-state index contributed by atoms with van der Waals surface area (Å²) in [6, 6.07) is 4.42. The molecule has 3 aromatic rings. The van der Waals surface area contributed by atoms with E-state index in [0.29, 0.717) is 0 Å². The van der Waals surface area contributed by atoms with Gasteiger partial charge in [-0.05, 0) is 18.2 Å². The Morgan fingerprint density at radius 3 is 2.69 bits per heavy atom. The van der Waals surface area contributed by atoms with Gasteiger partial charge in [0.15, 0.2) is 0 Å². The van der Waals surface area contributed by atoms with Crippen LogP contribution < -0.4 is 9.47 Å². The molecule has 0 aliphatic carbocycles. The summed E-state index contributed by atoms with van der Waals surface area (Å²) < 4.78 is 50.1. The fourth-order valence-corrected chi connectivity index (χ4v) is 2.86. The van der Waals surface area contributed by atoms with Crippen molar-refractivity contribution in [2.24, 2.45) is 7.05 Å². The molecule has 0 atom stereocenters. The van der Waals surface area contributed by atoms with Gasteiger partial charge in [0.1, 0.15) is 22.3 Å². The second-order valence-electron chi connectivity index (χ2n) is 5.42. The van der Waals surface area contributed by atoms with Gasteiger partial charge in [-0.25, -0.2) is 14.1 Å². The van der Waals surface area contributed by atoms with Gasteiger partial charge >= 0.3 is 12.3 Å². The van der Waals surface area contributed by atoms with Crippen molar-refractivity contribution >= 4 is 28.9 Å². The number of alkyl halides is 2. The Morgan fingerprint density at radius 1 is 1.31 bits per heavy atom.